The van der Waals surface area contributed by atoms with E-state index in [1.54, 1.807) is 13.8 Å². The van der Waals surface area contributed by atoms with Gasteiger partial charge in [0.15, 0.2) is 0 Å². The van der Waals surface area contributed by atoms with E-state index in [1.807, 2.05) is 0 Å². The number of ether oxygens (including phenoxy) is 2. The molecule has 0 heterocycles. The van der Waals surface area contributed by atoms with Crippen LogP contribution in [0, 0.1) is 17.8 Å². The largest absolute Gasteiger partial charge is 0.481 e. The Bertz CT molecular complexity index is 410. The predicted octanol–water partition coefficient (Wildman–Crippen LogP) is 3.18. The molecule has 0 fully saturated rings. The molecule has 7 heteroatoms. The zero-order valence-electron chi connectivity index (χ0n) is 15.3. The average molecular weight is 345 g/mol. The fraction of sp³-hybridized carbons (Fsp3) is 0.824. The van der Waals surface area contributed by atoms with Crippen molar-refractivity contribution in [3.8, 4) is 0 Å². The highest BCUT2D eigenvalue weighted by Gasteiger charge is 2.23. The number of esters is 1. The standard InChI is InChI=1S/C17H31NO6/c1-6-7-12(4)8-14(9-15(20)21)10-18-17(22)24-16(11(2)3)23-13(5)19/h11-12,14,16H,6-10H2,1-5H3,(H,18,22)(H,20,21)/t12-,14+,16-/m1/s1. The molecule has 0 saturated heterocycles. The van der Waals surface area contributed by atoms with Gasteiger partial charge in [-0.3, -0.25) is 9.59 Å². The Labute approximate surface area is 144 Å². The quantitative estimate of drug-likeness (QED) is 0.440. The van der Waals surface area contributed by atoms with Gasteiger partial charge < -0.3 is 19.9 Å². The molecule has 0 aromatic heterocycles. The van der Waals surface area contributed by atoms with Gasteiger partial charge >= 0.3 is 18.0 Å². The van der Waals surface area contributed by atoms with Crippen LogP contribution >= 0.6 is 0 Å². The summed E-state index contributed by atoms with van der Waals surface area (Å²) in [5, 5.41) is 11.6. The molecule has 0 aliphatic heterocycles. The Kier molecular flexibility index (Phi) is 10.8. The van der Waals surface area contributed by atoms with Crippen molar-refractivity contribution in [2.24, 2.45) is 17.8 Å². The lowest BCUT2D eigenvalue weighted by molar-refractivity contribution is -0.172. The molecule has 0 aliphatic carbocycles. The van der Waals surface area contributed by atoms with E-state index in [2.05, 4.69) is 19.2 Å². The number of hydrogen-bond acceptors (Lipinski definition) is 5. The van der Waals surface area contributed by atoms with Crippen LogP contribution in [0.2, 0.25) is 0 Å². The highest BCUT2D eigenvalue weighted by atomic mass is 16.7. The summed E-state index contributed by atoms with van der Waals surface area (Å²) < 4.78 is 10.0. The Hall–Kier alpha value is -1.79. The molecule has 0 spiro atoms. The maximum atomic E-state index is 11.9. The molecule has 140 valence electrons. The fourth-order valence-electron chi connectivity index (χ4n) is 2.50. The molecule has 2 N–H and O–H groups in total. The van der Waals surface area contributed by atoms with E-state index in [-0.39, 0.29) is 24.8 Å². The first-order chi connectivity index (χ1) is 11.1. The highest BCUT2D eigenvalue weighted by Crippen LogP contribution is 2.19. The van der Waals surface area contributed by atoms with Crippen LogP contribution in [0.5, 0.6) is 0 Å². The maximum absolute atomic E-state index is 11.9. The summed E-state index contributed by atoms with van der Waals surface area (Å²) in [4.78, 5) is 33.9. The summed E-state index contributed by atoms with van der Waals surface area (Å²) in [6, 6.07) is 0. The van der Waals surface area contributed by atoms with Crippen LogP contribution in [-0.4, -0.2) is 36.0 Å². The summed E-state index contributed by atoms with van der Waals surface area (Å²) >= 11 is 0. The summed E-state index contributed by atoms with van der Waals surface area (Å²) in [5.41, 5.74) is 0. The molecule has 0 aromatic carbocycles. The third kappa shape index (κ3) is 10.9. The minimum absolute atomic E-state index is 0.00805. The number of carboxylic acids is 1. The second-order valence-electron chi connectivity index (χ2n) is 6.60. The number of nitrogens with one attached hydrogen (secondary N) is 1. The van der Waals surface area contributed by atoms with Crippen molar-refractivity contribution in [1.82, 2.24) is 5.32 Å². The number of amides is 1. The summed E-state index contributed by atoms with van der Waals surface area (Å²) in [6.07, 6.45) is 1.09. The first-order valence-electron chi connectivity index (χ1n) is 8.49. The third-order valence-electron chi connectivity index (χ3n) is 3.57. The van der Waals surface area contributed by atoms with Gasteiger partial charge in [-0.1, -0.05) is 40.5 Å². The van der Waals surface area contributed by atoms with Gasteiger partial charge in [0.2, 0.25) is 0 Å². The van der Waals surface area contributed by atoms with Crippen LogP contribution in [0.1, 0.15) is 60.3 Å². The van der Waals surface area contributed by atoms with E-state index < -0.39 is 24.3 Å². The monoisotopic (exact) mass is 345 g/mol. The molecule has 3 atom stereocenters. The van der Waals surface area contributed by atoms with Crippen molar-refractivity contribution in [3.63, 3.8) is 0 Å². The molecule has 0 unspecified atom stereocenters. The number of aliphatic carboxylic acids is 1. The molecule has 0 aromatic rings. The molecular formula is C17H31NO6. The Balaban J connectivity index is 4.51. The van der Waals surface area contributed by atoms with Crippen LogP contribution in [0.15, 0.2) is 0 Å². The third-order valence-corrected chi connectivity index (χ3v) is 3.57. The smallest absolute Gasteiger partial charge is 0.410 e. The average Bonchev–Trinajstić information content (AvgIpc) is 2.43. The van der Waals surface area contributed by atoms with Crippen LogP contribution in [0.3, 0.4) is 0 Å². The van der Waals surface area contributed by atoms with Crippen molar-refractivity contribution in [2.45, 2.75) is 66.6 Å². The molecule has 0 radical (unpaired) electrons. The zero-order chi connectivity index (χ0) is 18.7. The summed E-state index contributed by atoms with van der Waals surface area (Å²) in [6.45, 7) is 9.14. The topological polar surface area (TPSA) is 102 Å². The van der Waals surface area contributed by atoms with Gasteiger partial charge in [0.25, 0.3) is 6.29 Å². The normalized spacial score (nSPS) is 14.6. The molecule has 7 nitrogen and oxygen atoms in total. The number of carbonyl (C=O) groups excluding carboxylic acids is 2. The number of hydrogen-bond donors (Lipinski definition) is 2. The van der Waals surface area contributed by atoms with Gasteiger partial charge in [0.1, 0.15) is 0 Å². The molecule has 0 aliphatic rings. The molecule has 24 heavy (non-hydrogen) atoms. The van der Waals surface area contributed by atoms with E-state index in [0.29, 0.717) is 5.92 Å². The van der Waals surface area contributed by atoms with Crippen molar-refractivity contribution in [1.29, 1.82) is 0 Å². The van der Waals surface area contributed by atoms with E-state index >= 15 is 0 Å². The number of rotatable bonds is 11. The van der Waals surface area contributed by atoms with Crippen LogP contribution < -0.4 is 5.32 Å². The maximum Gasteiger partial charge on any atom is 0.410 e. The zero-order valence-corrected chi connectivity index (χ0v) is 15.3. The van der Waals surface area contributed by atoms with Crippen LogP contribution in [0.4, 0.5) is 4.79 Å². The molecular weight excluding hydrogens is 314 g/mol. The van der Waals surface area contributed by atoms with Crippen LogP contribution in [-0.2, 0) is 19.1 Å². The number of carbonyl (C=O) groups is 3. The Morgan fingerprint density at radius 2 is 1.75 bits per heavy atom. The van der Waals surface area contributed by atoms with E-state index in [9.17, 15) is 14.4 Å². The van der Waals surface area contributed by atoms with Gasteiger partial charge in [-0.15, -0.1) is 0 Å². The molecule has 0 bridgehead atoms. The minimum Gasteiger partial charge on any atom is -0.481 e. The SMILES string of the molecule is CCC[C@@H](C)C[C@H](CNC(=O)O[C@@H](OC(C)=O)C(C)C)CC(=O)O. The van der Waals surface area contributed by atoms with E-state index in [1.165, 1.54) is 6.92 Å². The number of carboxylic acid groups (broad SMARTS) is 1. The molecule has 1 amide bonds. The van der Waals surface area contributed by atoms with Crippen molar-refractivity contribution in [2.75, 3.05) is 6.54 Å². The minimum atomic E-state index is -0.959. The van der Waals surface area contributed by atoms with Crippen LogP contribution in [0.25, 0.3) is 0 Å². The van der Waals surface area contributed by atoms with Crippen molar-refractivity contribution >= 4 is 18.0 Å². The van der Waals surface area contributed by atoms with Gasteiger partial charge in [0.05, 0.1) is 0 Å². The first kappa shape index (κ1) is 22.2. The Morgan fingerprint density at radius 3 is 2.21 bits per heavy atom. The Morgan fingerprint density at radius 1 is 1.12 bits per heavy atom. The lowest BCUT2D eigenvalue weighted by Crippen LogP contribution is -2.37. The van der Waals surface area contributed by atoms with Gasteiger partial charge in [-0.05, 0) is 18.3 Å². The second-order valence-corrected chi connectivity index (χ2v) is 6.60. The second kappa shape index (κ2) is 11.7. The van der Waals surface area contributed by atoms with Crippen molar-refractivity contribution in [3.05, 3.63) is 0 Å². The van der Waals surface area contributed by atoms with E-state index in [4.69, 9.17) is 14.6 Å². The number of alkyl carbamates (subject to hydrolysis) is 1. The van der Waals surface area contributed by atoms with Gasteiger partial charge in [0, 0.05) is 25.8 Å². The lowest BCUT2D eigenvalue weighted by Gasteiger charge is -2.23. The summed E-state index contributed by atoms with van der Waals surface area (Å²) in [7, 11) is 0. The first-order valence-corrected chi connectivity index (χ1v) is 8.49. The van der Waals surface area contributed by atoms with Crippen molar-refractivity contribution < 1.29 is 29.0 Å². The van der Waals surface area contributed by atoms with E-state index in [0.717, 1.165) is 19.3 Å². The fourth-order valence-corrected chi connectivity index (χ4v) is 2.50. The summed E-state index contributed by atoms with van der Waals surface area (Å²) in [5.74, 6) is -1.37. The lowest BCUT2D eigenvalue weighted by atomic mass is 9.90. The highest BCUT2D eigenvalue weighted by molar-refractivity contribution is 5.69. The van der Waals surface area contributed by atoms with Gasteiger partial charge in [-0.25, -0.2) is 4.79 Å². The molecule has 0 saturated carbocycles. The molecule has 0 rings (SSSR count). The predicted molar refractivity (Wildman–Crippen MR) is 89.3 cm³/mol. The van der Waals surface area contributed by atoms with Gasteiger partial charge in [-0.2, -0.15) is 0 Å².